The van der Waals surface area contributed by atoms with Crippen molar-refractivity contribution in [1.82, 2.24) is 15.0 Å². The number of hydrogen-bond donors (Lipinski definition) is 0. The first-order valence-electron chi connectivity index (χ1n) is 16.0. The third-order valence-corrected chi connectivity index (χ3v) is 10.3. The Morgan fingerprint density at radius 3 is 1.52 bits per heavy atom. The van der Waals surface area contributed by atoms with Gasteiger partial charge in [-0.15, -0.1) is 0 Å². The standard InChI is InChI=1S/C43H33N3/c1-42(2)34-22-14-13-20-29(34)31-23-36-33(25-35(31)42)38-30-21-12-11-19-28(30)32(24-37(38)43(36,3)4)41-45-39(26-15-7-5-8-16-26)44-40(46-41)27-17-9-6-10-18-27/h5-25H,1-4H3. The van der Waals surface area contributed by atoms with Gasteiger partial charge in [-0.25, -0.2) is 15.0 Å². The van der Waals surface area contributed by atoms with E-state index in [0.29, 0.717) is 17.5 Å². The van der Waals surface area contributed by atoms with Crippen LogP contribution in [0.25, 0.3) is 67.2 Å². The first-order chi connectivity index (χ1) is 22.3. The lowest BCUT2D eigenvalue weighted by Crippen LogP contribution is -2.17. The quantitative estimate of drug-likeness (QED) is 0.205. The monoisotopic (exact) mass is 591 g/mol. The Kier molecular flexibility index (Phi) is 5.59. The minimum Gasteiger partial charge on any atom is -0.208 e. The van der Waals surface area contributed by atoms with E-state index in [1.165, 1.54) is 49.9 Å². The summed E-state index contributed by atoms with van der Waals surface area (Å²) in [7, 11) is 0. The van der Waals surface area contributed by atoms with Gasteiger partial charge in [0.1, 0.15) is 0 Å². The van der Waals surface area contributed by atoms with Gasteiger partial charge in [0.15, 0.2) is 17.5 Å². The van der Waals surface area contributed by atoms with Gasteiger partial charge in [-0.3, -0.25) is 0 Å². The van der Waals surface area contributed by atoms with Gasteiger partial charge >= 0.3 is 0 Å². The maximum Gasteiger partial charge on any atom is 0.164 e. The maximum atomic E-state index is 5.14. The minimum atomic E-state index is -0.211. The summed E-state index contributed by atoms with van der Waals surface area (Å²) in [5.74, 6) is 2.04. The van der Waals surface area contributed by atoms with Gasteiger partial charge in [0.05, 0.1) is 0 Å². The van der Waals surface area contributed by atoms with Crippen LogP contribution in [0.4, 0.5) is 0 Å². The number of nitrogens with zero attached hydrogens (tertiary/aromatic N) is 3. The summed E-state index contributed by atoms with van der Waals surface area (Å²) in [6, 6.07) is 45.4. The fourth-order valence-corrected chi connectivity index (χ4v) is 7.89. The van der Waals surface area contributed by atoms with E-state index < -0.39 is 0 Å². The Hall–Kier alpha value is -5.41. The minimum absolute atomic E-state index is 0.0594. The van der Waals surface area contributed by atoms with Crippen LogP contribution in [0.3, 0.4) is 0 Å². The SMILES string of the molecule is CC1(C)c2ccccc2-c2cc3c(cc21)-c1c(cc(-c2nc(-c4ccccc4)nc(-c4ccccc4)n2)c2ccccc12)C3(C)C. The molecule has 7 aromatic rings. The molecule has 0 spiro atoms. The Morgan fingerprint density at radius 2 is 0.848 bits per heavy atom. The van der Waals surface area contributed by atoms with E-state index in [0.717, 1.165) is 22.1 Å². The zero-order valence-electron chi connectivity index (χ0n) is 26.5. The van der Waals surface area contributed by atoms with Gasteiger partial charge in [0.2, 0.25) is 0 Å². The van der Waals surface area contributed by atoms with Crippen molar-refractivity contribution in [3.63, 3.8) is 0 Å². The van der Waals surface area contributed by atoms with Crippen molar-refractivity contribution in [3.05, 3.63) is 150 Å². The lowest BCUT2D eigenvalue weighted by atomic mass is 9.79. The van der Waals surface area contributed by atoms with E-state index in [-0.39, 0.29) is 10.8 Å². The summed E-state index contributed by atoms with van der Waals surface area (Å²) in [6.07, 6.45) is 0. The molecule has 0 saturated carbocycles. The van der Waals surface area contributed by atoms with Crippen LogP contribution in [0.1, 0.15) is 49.9 Å². The van der Waals surface area contributed by atoms with E-state index >= 15 is 0 Å². The highest BCUT2D eigenvalue weighted by Crippen LogP contribution is 2.58. The summed E-state index contributed by atoms with van der Waals surface area (Å²) < 4.78 is 0. The molecular formula is C43H33N3. The molecule has 0 unspecified atom stereocenters. The maximum absolute atomic E-state index is 5.14. The van der Waals surface area contributed by atoms with Crippen molar-refractivity contribution in [2.45, 2.75) is 38.5 Å². The second-order valence-electron chi connectivity index (χ2n) is 13.7. The molecule has 0 aliphatic heterocycles. The van der Waals surface area contributed by atoms with E-state index in [2.05, 4.69) is 119 Å². The summed E-state index contributed by atoms with van der Waals surface area (Å²) in [5.41, 5.74) is 13.6. The van der Waals surface area contributed by atoms with Crippen molar-refractivity contribution >= 4 is 10.8 Å². The zero-order valence-corrected chi connectivity index (χ0v) is 26.5. The number of rotatable bonds is 3. The predicted molar refractivity (Wildman–Crippen MR) is 189 cm³/mol. The van der Waals surface area contributed by atoms with Gasteiger partial charge in [-0.1, -0.05) is 137 Å². The van der Waals surface area contributed by atoms with Crippen LogP contribution in [0.5, 0.6) is 0 Å². The molecule has 1 heterocycles. The molecule has 220 valence electrons. The third kappa shape index (κ3) is 3.75. The van der Waals surface area contributed by atoms with Crippen LogP contribution in [0, 0.1) is 0 Å². The Balaban J connectivity index is 1.31. The highest BCUT2D eigenvalue weighted by atomic mass is 15.0. The lowest BCUT2D eigenvalue weighted by Gasteiger charge is -2.24. The molecule has 0 saturated heterocycles. The molecule has 0 N–H and O–H groups in total. The van der Waals surface area contributed by atoms with E-state index in [9.17, 15) is 0 Å². The molecule has 2 aliphatic rings. The summed E-state index contributed by atoms with van der Waals surface area (Å²) in [6.45, 7) is 9.46. The van der Waals surface area contributed by atoms with E-state index in [1.54, 1.807) is 0 Å². The van der Waals surface area contributed by atoms with Gasteiger partial charge in [0.25, 0.3) is 0 Å². The molecule has 6 aromatic carbocycles. The first kappa shape index (κ1) is 26.9. The van der Waals surface area contributed by atoms with Crippen molar-refractivity contribution in [2.75, 3.05) is 0 Å². The van der Waals surface area contributed by atoms with Gasteiger partial charge in [-0.2, -0.15) is 0 Å². The number of hydrogen-bond acceptors (Lipinski definition) is 3. The van der Waals surface area contributed by atoms with Crippen LogP contribution in [0.2, 0.25) is 0 Å². The topological polar surface area (TPSA) is 38.7 Å². The van der Waals surface area contributed by atoms with E-state index in [1.807, 2.05) is 36.4 Å². The van der Waals surface area contributed by atoms with Crippen LogP contribution in [-0.2, 0) is 10.8 Å². The fraction of sp³-hybridized carbons (Fsp3) is 0.140. The predicted octanol–water partition coefficient (Wildman–Crippen LogP) is 10.6. The van der Waals surface area contributed by atoms with Gasteiger partial charge in [-0.05, 0) is 73.5 Å². The van der Waals surface area contributed by atoms with Crippen LogP contribution in [-0.4, -0.2) is 15.0 Å². The normalized spacial score (nSPS) is 14.9. The smallest absolute Gasteiger partial charge is 0.164 e. The molecule has 0 amide bonds. The average molecular weight is 592 g/mol. The summed E-state index contributed by atoms with van der Waals surface area (Å²) in [4.78, 5) is 15.2. The molecular weight excluding hydrogens is 558 g/mol. The van der Waals surface area contributed by atoms with Crippen LogP contribution in [0.15, 0.2) is 127 Å². The Labute approximate surface area is 269 Å². The second-order valence-corrected chi connectivity index (χ2v) is 13.7. The Morgan fingerprint density at radius 1 is 0.370 bits per heavy atom. The molecule has 3 heteroatoms. The largest absolute Gasteiger partial charge is 0.208 e. The molecule has 2 aliphatic carbocycles. The van der Waals surface area contributed by atoms with Crippen molar-refractivity contribution < 1.29 is 0 Å². The molecule has 9 rings (SSSR count). The second kappa shape index (κ2) is 9.55. The van der Waals surface area contributed by atoms with Crippen LogP contribution < -0.4 is 0 Å². The summed E-state index contributed by atoms with van der Waals surface area (Å²) in [5, 5.41) is 2.38. The number of benzene rings is 6. The van der Waals surface area contributed by atoms with Gasteiger partial charge < -0.3 is 0 Å². The lowest BCUT2D eigenvalue weighted by molar-refractivity contribution is 0.652. The molecule has 0 radical (unpaired) electrons. The van der Waals surface area contributed by atoms with Gasteiger partial charge in [0, 0.05) is 27.5 Å². The van der Waals surface area contributed by atoms with Crippen molar-refractivity contribution in [3.8, 4) is 56.4 Å². The number of fused-ring (bicyclic) bond motifs is 8. The molecule has 0 fully saturated rings. The number of aromatic nitrogens is 3. The third-order valence-electron chi connectivity index (χ3n) is 10.3. The fourth-order valence-electron chi connectivity index (χ4n) is 7.89. The van der Waals surface area contributed by atoms with E-state index in [4.69, 9.17) is 15.0 Å². The first-order valence-corrected chi connectivity index (χ1v) is 16.0. The highest BCUT2D eigenvalue weighted by molar-refractivity contribution is 6.09. The van der Waals surface area contributed by atoms with Crippen molar-refractivity contribution in [1.29, 1.82) is 0 Å². The molecule has 1 aromatic heterocycles. The molecule has 0 atom stereocenters. The molecule has 46 heavy (non-hydrogen) atoms. The molecule has 0 bridgehead atoms. The molecule has 3 nitrogen and oxygen atoms in total. The average Bonchev–Trinajstić information content (AvgIpc) is 3.46. The Bertz CT molecular complexity index is 2290. The highest BCUT2D eigenvalue weighted by Gasteiger charge is 2.42. The van der Waals surface area contributed by atoms with Crippen LogP contribution >= 0.6 is 0 Å². The zero-order chi connectivity index (χ0) is 31.2. The summed E-state index contributed by atoms with van der Waals surface area (Å²) >= 11 is 0. The van der Waals surface area contributed by atoms with Crippen molar-refractivity contribution in [2.24, 2.45) is 0 Å².